The first kappa shape index (κ1) is 35.4. The van der Waals surface area contributed by atoms with Crippen molar-refractivity contribution in [3.63, 3.8) is 0 Å². The van der Waals surface area contributed by atoms with E-state index in [-0.39, 0.29) is 69.9 Å². The molecule has 3 aromatic rings. The normalized spacial score (nSPS) is 19.3. The number of aromatic nitrogens is 2. The van der Waals surface area contributed by atoms with Gasteiger partial charge in [0.25, 0.3) is 11.8 Å². The number of amides is 3. The van der Waals surface area contributed by atoms with Gasteiger partial charge in [-0.3, -0.25) is 19.2 Å². The Bertz CT molecular complexity index is 1780. The largest absolute Gasteiger partial charge is 0.494 e. The van der Waals surface area contributed by atoms with Crippen LogP contribution in [0.3, 0.4) is 0 Å². The molecule has 0 atom stereocenters. The lowest BCUT2D eigenvalue weighted by Gasteiger charge is -2.41. The van der Waals surface area contributed by atoms with E-state index in [1.807, 2.05) is 7.05 Å². The number of carbonyl (C=O) groups is 5. The van der Waals surface area contributed by atoms with E-state index in [9.17, 15) is 32.8 Å². The molecule has 2 aliphatic rings. The predicted octanol–water partition coefficient (Wildman–Crippen LogP) is 3.12. The van der Waals surface area contributed by atoms with E-state index in [1.54, 1.807) is 9.80 Å². The Balaban J connectivity index is 1.15. The van der Waals surface area contributed by atoms with E-state index in [2.05, 4.69) is 15.0 Å². The minimum Gasteiger partial charge on any atom is -0.494 e. The first-order chi connectivity index (χ1) is 23.4. The lowest BCUT2D eigenvalue weighted by molar-refractivity contribution is -0.907. The van der Waals surface area contributed by atoms with Crippen LogP contribution < -0.4 is 10.1 Å². The second-order valence-electron chi connectivity index (χ2n) is 12.3. The fraction of sp³-hybridized carbons (Fsp3) is 0.394. The number of likely N-dealkylation sites (N-methyl/N-ethyl adjacent to an activating group) is 1. The van der Waals surface area contributed by atoms with Crippen LogP contribution in [0.25, 0.3) is 11.3 Å². The SMILES string of the molecule is COc1ccc(-c2cnc(C(=O)Nc3ccc(C(=O)N4CCN(C(=O)C5CC[N+](C)(CC(=O)OC=O)CC5)CC4)c(Cl)c3)n2C)c(F)c1F. The zero-order chi connectivity index (χ0) is 35.5. The minimum atomic E-state index is -1.16. The van der Waals surface area contributed by atoms with Gasteiger partial charge in [0.05, 0.1) is 49.7 Å². The van der Waals surface area contributed by atoms with Crippen molar-refractivity contribution >= 4 is 47.5 Å². The van der Waals surface area contributed by atoms with Crippen LogP contribution in [0.4, 0.5) is 14.5 Å². The summed E-state index contributed by atoms with van der Waals surface area (Å²) in [5, 5.41) is 2.77. The molecule has 1 aromatic heterocycles. The highest BCUT2D eigenvalue weighted by Crippen LogP contribution is 2.31. The number of methoxy groups -OCH3 is 1. The summed E-state index contributed by atoms with van der Waals surface area (Å²) in [4.78, 5) is 69.3. The number of nitrogens with zero attached hydrogens (tertiary/aromatic N) is 5. The van der Waals surface area contributed by atoms with Crippen molar-refractivity contribution in [3.8, 4) is 17.0 Å². The van der Waals surface area contributed by atoms with Crippen molar-refractivity contribution in [2.75, 3.05) is 65.3 Å². The number of halogens is 3. The van der Waals surface area contributed by atoms with Crippen molar-refractivity contribution in [3.05, 3.63) is 64.6 Å². The van der Waals surface area contributed by atoms with Gasteiger partial charge in [0, 0.05) is 63.2 Å². The molecule has 0 unspecified atom stereocenters. The highest BCUT2D eigenvalue weighted by molar-refractivity contribution is 6.34. The molecule has 16 heteroatoms. The maximum absolute atomic E-state index is 14.7. The standard InChI is InChI=1S/C33H35ClF2N6O7/c1-39-25(23-6-7-26(48-3)29(36)28(23)35)17-37-30(39)31(45)38-21-4-5-22(24(34)16-21)33(47)41-12-10-40(11-13-41)32(46)20-8-14-42(2,15-9-20)18-27(44)49-19-43/h4-7,16-17,19-20H,8-15,18H2,1-3H3/p+1. The van der Waals surface area contributed by atoms with E-state index >= 15 is 0 Å². The Labute approximate surface area is 285 Å². The van der Waals surface area contributed by atoms with Crippen LogP contribution in [0.2, 0.25) is 5.02 Å². The molecule has 13 nitrogen and oxygen atoms in total. The summed E-state index contributed by atoms with van der Waals surface area (Å²) >= 11 is 6.48. The second-order valence-corrected chi connectivity index (χ2v) is 12.7. The first-order valence-electron chi connectivity index (χ1n) is 15.6. The van der Waals surface area contributed by atoms with Crippen molar-refractivity contribution in [2.45, 2.75) is 12.8 Å². The Morgan fingerprint density at radius 1 is 1.04 bits per heavy atom. The number of rotatable bonds is 9. The summed E-state index contributed by atoms with van der Waals surface area (Å²) in [6.45, 7) is 2.76. The molecule has 0 aliphatic carbocycles. The number of nitrogens with one attached hydrogen (secondary N) is 1. The van der Waals surface area contributed by atoms with E-state index in [4.69, 9.17) is 16.3 Å². The summed E-state index contributed by atoms with van der Waals surface area (Å²) in [6.07, 6.45) is 2.46. The molecular weight excluding hydrogens is 666 g/mol. The van der Waals surface area contributed by atoms with Gasteiger partial charge < -0.3 is 33.6 Å². The quantitative estimate of drug-likeness (QED) is 0.155. The van der Waals surface area contributed by atoms with Gasteiger partial charge in [-0.2, -0.15) is 4.39 Å². The molecule has 2 aliphatic heterocycles. The average molecular weight is 702 g/mol. The maximum atomic E-state index is 14.7. The molecule has 3 amide bonds. The summed E-state index contributed by atoms with van der Waals surface area (Å²) in [5.74, 6) is -4.33. The zero-order valence-electron chi connectivity index (χ0n) is 27.2. The first-order valence-corrected chi connectivity index (χ1v) is 15.9. The van der Waals surface area contributed by atoms with Gasteiger partial charge in [0.1, 0.15) is 0 Å². The van der Waals surface area contributed by atoms with Gasteiger partial charge in [-0.25, -0.2) is 14.2 Å². The molecule has 2 fully saturated rings. The van der Waals surface area contributed by atoms with E-state index in [0.717, 1.165) is 0 Å². The smallest absolute Gasteiger partial charge is 0.369 e. The molecule has 260 valence electrons. The van der Waals surface area contributed by atoms with Gasteiger partial charge in [-0.05, 0) is 30.3 Å². The number of hydrogen-bond donors (Lipinski definition) is 1. The van der Waals surface area contributed by atoms with Crippen molar-refractivity contribution in [1.29, 1.82) is 0 Å². The van der Waals surface area contributed by atoms with E-state index in [1.165, 1.54) is 55.3 Å². The van der Waals surface area contributed by atoms with Gasteiger partial charge in [0.2, 0.25) is 11.7 Å². The molecule has 0 radical (unpaired) electrons. The average Bonchev–Trinajstić information content (AvgIpc) is 3.46. The zero-order valence-corrected chi connectivity index (χ0v) is 28.0. The Hall–Kier alpha value is -4.89. The third-order valence-corrected chi connectivity index (χ3v) is 9.46. The van der Waals surface area contributed by atoms with Crippen LogP contribution >= 0.6 is 11.6 Å². The van der Waals surface area contributed by atoms with Crippen molar-refractivity contribution in [2.24, 2.45) is 13.0 Å². The number of likely N-dealkylation sites (tertiary alicyclic amines) is 1. The van der Waals surface area contributed by atoms with Crippen LogP contribution in [0.15, 0.2) is 36.5 Å². The monoisotopic (exact) mass is 701 g/mol. The molecule has 1 N–H and O–H groups in total. The molecule has 49 heavy (non-hydrogen) atoms. The van der Waals surface area contributed by atoms with Gasteiger partial charge in [-0.15, -0.1) is 0 Å². The molecule has 2 saturated heterocycles. The van der Waals surface area contributed by atoms with Crippen molar-refractivity contribution < 1.29 is 46.7 Å². The lowest BCUT2D eigenvalue weighted by atomic mass is 9.93. The van der Waals surface area contributed by atoms with Crippen LogP contribution in [0.5, 0.6) is 5.75 Å². The number of esters is 1. The number of ether oxygens (including phenoxy) is 2. The molecular formula is C33H36ClF2N6O7+. The molecule has 0 bridgehead atoms. The molecule has 5 rings (SSSR count). The summed E-state index contributed by atoms with van der Waals surface area (Å²) in [7, 11) is 4.61. The Morgan fingerprint density at radius 3 is 2.35 bits per heavy atom. The fourth-order valence-corrected chi connectivity index (χ4v) is 6.53. The number of piperidine rings is 1. The minimum absolute atomic E-state index is 0.0214. The van der Waals surface area contributed by atoms with Crippen LogP contribution in [-0.2, 0) is 26.2 Å². The number of imidazole rings is 1. The highest BCUT2D eigenvalue weighted by atomic mass is 35.5. The van der Waals surface area contributed by atoms with Gasteiger partial charge >= 0.3 is 12.4 Å². The summed E-state index contributed by atoms with van der Waals surface area (Å²) in [5.41, 5.74) is 0.586. The number of benzene rings is 2. The number of carbonyl (C=O) groups excluding carboxylic acids is 5. The number of piperazine rings is 1. The number of quaternary nitrogens is 1. The van der Waals surface area contributed by atoms with Crippen LogP contribution in [0, 0.1) is 17.6 Å². The topological polar surface area (TPSA) is 140 Å². The fourth-order valence-electron chi connectivity index (χ4n) is 6.27. The molecule has 3 heterocycles. The molecule has 2 aromatic carbocycles. The van der Waals surface area contributed by atoms with Crippen LogP contribution in [0.1, 0.15) is 33.8 Å². The third kappa shape index (κ3) is 7.57. The van der Waals surface area contributed by atoms with Gasteiger partial charge in [0.15, 0.2) is 23.9 Å². The molecule has 0 saturated carbocycles. The Kier molecular flexibility index (Phi) is 10.6. The number of hydrogen-bond acceptors (Lipinski definition) is 8. The van der Waals surface area contributed by atoms with E-state index < -0.39 is 23.5 Å². The highest BCUT2D eigenvalue weighted by Gasteiger charge is 2.38. The Morgan fingerprint density at radius 2 is 1.71 bits per heavy atom. The second kappa shape index (κ2) is 14.7. The third-order valence-electron chi connectivity index (χ3n) is 9.14. The van der Waals surface area contributed by atoms with Crippen molar-refractivity contribution in [1.82, 2.24) is 19.4 Å². The summed E-state index contributed by atoms with van der Waals surface area (Å²) in [6, 6.07) is 7.06. The number of anilines is 1. The maximum Gasteiger partial charge on any atom is 0.369 e. The lowest BCUT2D eigenvalue weighted by Crippen LogP contribution is -2.56. The van der Waals surface area contributed by atoms with E-state index in [0.29, 0.717) is 56.6 Å². The predicted molar refractivity (Wildman–Crippen MR) is 173 cm³/mol. The van der Waals surface area contributed by atoms with Crippen LogP contribution in [-0.4, -0.2) is 114 Å². The van der Waals surface area contributed by atoms with Gasteiger partial charge in [-0.1, -0.05) is 11.6 Å². The summed E-state index contributed by atoms with van der Waals surface area (Å²) < 4.78 is 39.9. The molecule has 0 spiro atoms.